The summed E-state index contributed by atoms with van der Waals surface area (Å²) in [6.45, 7) is 3.14. The van der Waals surface area contributed by atoms with Gasteiger partial charge in [0.15, 0.2) is 12.3 Å². The van der Waals surface area contributed by atoms with E-state index in [2.05, 4.69) is 17.3 Å². The van der Waals surface area contributed by atoms with Crippen molar-refractivity contribution in [2.24, 2.45) is 0 Å². The van der Waals surface area contributed by atoms with E-state index in [1.165, 1.54) is 30.3 Å². The fourth-order valence-electron chi connectivity index (χ4n) is 4.78. The van der Waals surface area contributed by atoms with Crippen molar-refractivity contribution < 1.29 is 33.3 Å². The molecular weight excluding hydrogens is 568 g/mol. The molecular formula is C33H26N2O9. The Kier molecular flexibility index (Phi) is 8.80. The summed E-state index contributed by atoms with van der Waals surface area (Å²) in [5.41, 5.74) is -0.544. The van der Waals surface area contributed by atoms with Crippen LogP contribution in [-0.4, -0.2) is 51.9 Å². The average Bonchev–Trinajstić information content (AvgIpc) is 3.32. The van der Waals surface area contributed by atoms with Crippen LogP contribution in [0.4, 0.5) is 0 Å². The number of ether oxygens (including phenoxy) is 4. The van der Waals surface area contributed by atoms with Gasteiger partial charge in [0.1, 0.15) is 12.7 Å². The lowest BCUT2D eigenvalue weighted by Crippen LogP contribution is -2.52. The van der Waals surface area contributed by atoms with Crippen molar-refractivity contribution in [3.63, 3.8) is 0 Å². The van der Waals surface area contributed by atoms with Crippen LogP contribution >= 0.6 is 0 Å². The highest BCUT2D eigenvalue weighted by Crippen LogP contribution is 2.44. The van der Waals surface area contributed by atoms with E-state index < -0.39 is 59.8 Å². The molecule has 4 unspecified atom stereocenters. The molecule has 1 N–H and O–H groups in total. The zero-order valence-corrected chi connectivity index (χ0v) is 23.2. The first kappa shape index (κ1) is 29.7. The Bertz CT molecular complexity index is 1810. The predicted octanol–water partition coefficient (Wildman–Crippen LogP) is 3.45. The topological polar surface area (TPSA) is 143 Å². The minimum Gasteiger partial charge on any atom is -0.459 e. The van der Waals surface area contributed by atoms with E-state index in [1.54, 1.807) is 66.7 Å². The SMILES string of the molecule is C=C=CC1(OC(=O)c2ccccc2)C(OC(=O)c2ccccc2)C(COC(=O)c2ccccc2)OC1n1ccc(=O)[nH]c1=O. The van der Waals surface area contributed by atoms with Crippen molar-refractivity contribution in [3.05, 3.63) is 159 Å². The molecule has 3 aromatic carbocycles. The second-order valence-corrected chi connectivity index (χ2v) is 9.66. The number of H-pyrrole nitrogens is 1. The number of aromatic nitrogens is 2. The summed E-state index contributed by atoms with van der Waals surface area (Å²) in [5, 5.41) is 0. The molecule has 0 amide bonds. The molecule has 2 heterocycles. The Morgan fingerprint density at radius 1 is 0.841 bits per heavy atom. The van der Waals surface area contributed by atoms with Gasteiger partial charge in [0.25, 0.3) is 5.56 Å². The summed E-state index contributed by atoms with van der Waals surface area (Å²) in [5.74, 6) is -2.37. The third kappa shape index (κ3) is 6.19. The van der Waals surface area contributed by atoms with Crippen molar-refractivity contribution in [1.82, 2.24) is 9.55 Å². The van der Waals surface area contributed by atoms with E-state index in [4.69, 9.17) is 18.9 Å². The predicted molar refractivity (Wildman–Crippen MR) is 156 cm³/mol. The number of carbonyl (C=O) groups excluding carboxylic acids is 3. The van der Waals surface area contributed by atoms with Gasteiger partial charge in [-0.1, -0.05) is 61.2 Å². The van der Waals surface area contributed by atoms with Gasteiger partial charge >= 0.3 is 23.6 Å². The van der Waals surface area contributed by atoms with Crippen LogP contribution in [0.1, 0.15) is 37.3 Å². The van der Waals surface area contributed by atoms with Gasteiger partial charge in [0, 0.05) is 18.3 Å². The number of nitrogens with one attached hydrogen (secondary N) is 1. The fourth-order valence-corrected chi connectivity index (χ4v) is 4.78. The number of hydrogen-bond acceptors (Lipinski definition) is 9. The van der Waals surface area contributed by atoms with Crippen molar-refractivity contribution in [1.29, 1.82) is 0 Å². The molecule has 1 fully saturated rings. The molecule has 5 rings (SSSR count). The molecule has 1 saturated heterocycles. The third-order valence-electron chi connectivity index (χ3n) is 6.81. The van der Waals surface area contributed by atoms with Crippen molar-refractivity contribution >= 4 is 17.9 Å². The molecule has 1 aliphatic heterocycles. The molecule has 4 atom stereocenters. The molecule has 11 nitrogen and oxygen atoms in total. The van der Waals surface area contributed by atoms with Crippen LogP contribution in [0.15, 0.2) is 131 Å². The van der Waals surface area contributed by atoms with Gasteiger partial charge in [0.05, 0.1) is 16.7 Å². The van der Waals surface area contributed by atoms with E-state index in [0.29, 0.717) is 0 Å². The van der Waals surface area contributed by atoms with Gasteiger partial charge in [-0.3, -0.25) is 14.3 Å². The summed E-state index contributed by atoms with van der Waals surface area (Å²) < 4.78 is 24.7. The maximum atomic E-state index is 13.5. The van der Waals surface area contributed by atoms with Crippen LogP contribution in [0.2, 0.25) is 0 Å². The van der Waals surface area contributed by atoms with Crippen LogP contribution in [0, 0.1) is 0 Å². The smallest absolute Gasteiger partial charge is 0.339 e. The van der Waals surface area contributed by atoms with Gasteiger partial charge in [-0.25, -0.2) is 19.2 Å². The molecule has 0 spiro atoms. The second-order valence-electron chi connectivity index (χ2n) is 9.66. The number of hydrogen-bond donors (Lipinski definition) is 1. The Balaban J connectivity index is 1.62. The number of nitrogens with zero attached hydrogens (tertiary/aromatic N) is 1. The van der Waals surface area contributed by atoms with E-state index in [0.717, 1.165) is 16.8 Å². The highest BCUT2D eigenvalue weighted by Gasteiger charge is 2.62. The number of rotatable bonds is 9. The highest BCUT2D eigenvalue weighted by atomic mass is 16.7. The molecule has 1 aliphatic rings. The zero-order valence-electron chi connectivity index (χ0n) is 23.2. The molecule has 222 valence electrons. The lowest BCUT2D eigenvalue weighted by atomic mass is 9.92. The first-order valence-corrected chi connectivity index (χ1v) is 13.4. The third-order valence-corrected chi connectivity index (χ3v) is 6.81. The first-order valence-electron chi connectivity index (χ1n) is 13.4. The Hall–Kier alpha value is -5.77. The zero-order chi connectivity index (χ0) is 31.1. The summed E-state index contributed by atoms with van der Waals surface area (Å²) in [7, 11) is 0. The summed E-state index contributed by atoms with van der Waals surface area (Å²) in [6, 6.07) is 25.2. The molecule has 1 aromatic heterocycles. The first-order chi connectivity index (χ1) is 21.3. The van der Waals surface area contributed by atoms with Crippen LogP contribution in [0.3, 0.4) is 0 Å². The van der Waals surface area contributed by atoms with E-state index >= 15 is 0 Å². The largest absolute Gasteiger partial charge is 0.459 e. The van der Waals surface area contributed by atoms with Gasteiger partial charge in [-0.15, -0.1) is 5.73 Å². The number of esters is 3. The lowest BCUT2D eigenvalue weighted by molar-refractivity contribution is -0.0947. The standard InChI is InChI=1S/C33H26N2O9/c1-2-19-33(44-30(39)24-16-10-5-11-17-24)27(43-29(38)23-14-8-4-9-15-23)25(21-41-28(37)22-12-6-3-7-13-22)42-31(33)35-20-18-26(36)34-32(35)40/h3-20,25,27,31H,1,21H2,(H,34,36,40). The minimum atomic E-state index is -2.09. The second kappa shape index (κ2) is 13.0. The molecule has 0 saturated carbocycles. The van der Waals surface area contributed by atoms with Gasteiger partial charge in [-0.05, 0) is 36.4 Å². The van der Waals surface area contributed by atoms with E-state index in [-0.39, 0.29) is 16.7 Å². The maximum Gasteiger partial charge on any atom is 0.339 e. The maximum absolute atomic E-state index is 13.5. The van der Waals surface area contributed by atoms with E-state index in [1.807, 2.05) is 0 Å². The number of carbonyl (C=O) groups is 3. The molecule has 0 bridgehead atoms. The van der Waals surface area contributed by atoms with Gasteiger partial charge in [0.2, 0.25) is 5.60 Å². The van der Waals surface area contributed by atoms with Gasteiger partial charge in [-0.2, -0.15) is 0 Å². The van der Waals surface area contributed by atoms with Crippen LogP contribution in [0.5, 0.6) is 0 Å². The molecule has 0 radical (unpaired) electrons. The van der Waals surface area contributed by atoms with Crippen molar-refractivity contribution in [2.45, 2.75) is 24.0 Å². The summed E-state index contributed by atoms with van der Waals surface area (Å²) >= 11 is 0. The van der Waals surface area contributed by atoms with Crippen LogP contribution in [-0.2, 0) is 18.9 Å². The summed E-state index contributed by atoms with van der Waals surface area (Å²) in [4.78, 5) is 66.9. The van der Waals surface area contributed by atoms with Crippen molar-refractivity contribution in [3.8, 4) is 0 Å². The normalized spacial score (nSPS) is 20.6. The Labute approximate surface area is 250 Å². The molecule has 44 heavy (non-hydrogen) atoms. The highest BCUT2D eigenvalue weighted by molar-refractivity contribution is 5.91. The number of benzene rings is 3. The fraction of sp³-hybridized carbons (Fsp3) is 0.152. The van der Waals surface area contributed by atoms with Crippen LogP contribution in [0.25, 0.3) is 0 Å². The van der Waals surface area contributed by atoms with Gasteiger partial charge < -0.3 is 18.9 Å². The van der Waals surface area contributed by atoms with Crippen molar-refractivity contribution in [2.75, 3.05) is 6.61 Å². The Morgan fingerprint density at radius 3 is 1.93 bits per heavy atom. The minimum absolute atomic E-state index is 0.143. The molecule has 0 aliphatic carbocycles. The average molecular weight is 595 g/mol. The van der Waals surface area contributed by atoms with E-state index in [9.17, 15) is 24.0 Å². The lowest BCUT2D eigenvalue weighted by Gasteiger charge is -2.35. The van der Waals surface area contributed by atoms with Crippen LogP contribution < -0.4 is 11.2 Å². The summed E-state index contributed by atoms with van der Waals surface area (Å²) in [6.07, 6.45) is -1.99. The quantitative estimate of drug-likeness (QED) is 0.175. The monoisotopic (exact) mass is 594 g/mol. The molecule has 4 aromatic rings. The Morgan fingerprint density at radius 2 is 1.39 bits per heavy atom. The number of aromatic amines is 1. The molecule has 11 heteroatoms.